The van der Waals surface area contributed by atoms with Crippen LogP contribution in [0.2, 0.25) is 0 Å². The smallest absolute Gasteiger partial charge is 0.306 e. The zero-order chi connectivity index (χ0) is 19.2. The van der Waals surface area contributed by atoms with Crippen LogP contribution in [0.5, 0.6) is 0 Å². The van der Waals surface area contributed by atoms with Crippen LogP contribution in [0.4, 0.5) is 14.5 Å². The number of anilines is 1. The van der Waals surface area contributed by atoms with Crippen LogP contribution in [0, 0.1) is 11.6 Å². The van der Waals surface area contributed by atoms with Crippen LogP contribution in [0.15, 0.2) is 39.5 Å². The van der Waals surface area contributed by atoms with Gasteiger partial charge in [0.2, 0.25) is 11.7 Å². The van der Waals surface area contributed by atoms with Gasteiger partial charge in [0, 0.05) is 17.4 Å². The van der Waals surface area contributed by atoms with Crippen molar-refractivity contribution in [3.8, 4) is 11.4 Å². The first kappa shape index (κ1) is 18.6. The van der Waals surface area contributed by atoms with Gasteiger partial charge in [0.25, 0.3) is 5.91 Å². The Bertz CT molecular complexity index is 923. The summed E-state index contributed by atoms with van der Waals surface area (Å²) in [7, 11) is 0. The number of aryl methyl sites for hydroxylation is 1. The third-order valence-electron chi connectivity index (χ3n) is 3.38. The van der Waals surface area contributed by atoms with Gasteiger partial charge in [-0.25, -0.2) is 8.78 Å². The average Bonchev–Trinajstić information content (AvgIpc) is 3.32. The molecule has 0 atom stereocenters. The van der Waals surface area contributed by atoms with E-state index in [9.17, 15) is 18.4 Å². The molecule has 3 rings (SSSR count). The number of ether oxygens (including phenoxy) is 1. The number of halogens is 2. The second-order valence-corrected chi connectivity index (χ2v) is 6.11. The van der Waals surface area contributed by atoms with E-state index in [-0.39, 0.29) is 18.7 Å². The Kier molecular flexibility index (Phi) is 5.87. The maximum atomic E-state index is 13.4. The molecule has 0 saturated carbocycles. The van der Waals surface area contributed by atoms with Crippen molar-refractivity contribution in [3.63, 3.8) is 0 Å². The molecule has 3 aromatic rings. The molecule has 0 aliphatic carbocycles. The minimum absolute atomic E-state index is 0.0907. The molecule has 7 nitrogen and oxygen atoms in total. The minimum Gasteiger partial charge on any atom is -0.456 e. The van der Waals surface area contributed by atoms with E-state index in [2.05, 4.69) is 10.1 Å². The number of benzene rings is 1. The lowest BCUT2D eigenvalue weighted by Crippen LogP contribution is -2.22. The molecular formula is C17H13F2N3O4S. The van der Waals surface area contributed by atoms with Gasteiger partial charge in [0.15, 0.2) is 6.61 Å². The van der Waals surface area contributed by atoms with Crippen LogP contribution in [0.3, 0.4) is 0 Å². The van der Waals surface area contributed by atoms with Gasteiger partial charge in [-0.3, -0.25) is 9.59 Å². The molecule has 27 heavy (non-hydrogen) atoms. The third kappa shape index (κ3) is 4.94. The summed E-state index contributed by atoms with van der Waals surface area (Å²) >= 11 is 1.49. The van der Waals surface area contributed by atoms with Gasteiger partial charge >= 0.3 is 5.97 Å². The molecule has 10 heteroatoms. The molecular weight excluding hydrogens is 380 g/mol. The van der Waals surface area contributed by atoms with Crippen LogP contribution in [-0.4, -0.2) is 28.6 Å². The Morgan fingerprint density at radius 3 is 2.70 bits per heavy atom. The molecule has 0 saturated heterocycles. The predicted octanol–water partition coefficient (Wildman–Crippen LogP) is 3.19. The second kappa shape index (κ2) is 8.49. The van der Waals surface area contributed by atoms with Crippen molar-refractivity contribution in [3.05, 3.63) is 52.6 Å². The molecule has 1 N–H and O–H groups in total. The molecule has 0 unspecified atom stereocenters. The number of carbonyl (C=O) groups is 2. The van der Waals surface area contributed by atoms with Gasteiger partial charge in [-0.05, 0) is 23.6 Å². The number of aromatic nitrogens is 2. The molecule has 0 radical (unpaired) electrons. The fourth-order valence-electron chi connectivity index (χ4n) is 2.09. The SMILES string of the molecule is O=C(COC(=O)CCc1nc(-c2ccsc2)no1)Nc1c(F)cccc1F. The second-order valence-electron chi connectivity index (χ2n) is 5.33. The normalized spacial score (nSPS) is 10.6. The van der Waals surface area contributed by atoms with Crippen molar-refractivity contribution in [2.24, 2.45) is 0 Å². The zero-order valence-electron chi connectivity index (χ0n) is 13.8. The number of para-hydroxylation sites is 1. The van der Waals surface area contributed by atoms with E-state index < -0.39 is 35.8 Å². The van der Waals surface area contributed by atoms with Gasteiger partial charge in [-0.1, -0.05) is 11.2 Å². The van der Waals surface area contributed by atoms with Crippen molar-refractivity contribution in [1.29, 1.82) is 0 Å². The number of rotatable bonds is 7. The van der Waals surface area contributed by atoms with Gasteiger partial charge in [-0.15, -0.1) is 0 Å². The fraction of sp³-hybridized carbons (Fsp3) is 0.176. The number of thiophene rings is 1. The summed E-state index contributed by atoms with van der Waals surface area (Å²) in [6.07, 6.45) is 0.0478. The molecule has 0 aliphatic heterocycles. The van der Waals surface area contributed by atoms with Crippen LogP contribution < -0.4 is 5.32 Å². The van der Waals surface area contributed by atoms with Crippen LogP contribution in [0.25, 0.3) is 11.4 Å². The Hall–Kier alpha value is -3.14. The van der Waals surface area contributed by atoms with E-state index in [0.717, 1.165) is 17.7 Å². The molecule has 0 fully saturated rings. The Balaban J connectivity index is 1.44. The fourth-order valence-corrected chi connectivity index (χ4v) is 2.72. The molecule has 1 aromatic carbocycles. The number of amides is 1. The summed E-state index contributed by atoms with van der Waals surface area (Å²) in [5.41, 5.74) is 0.222. The Morgan fingerprint density at radius 2 is 2.00 bits per heavy atom. The van der Waals surface area contributed by atoms with Gasteiger partial charge in [-0.2, -0.15) is 16.3 Å². The van der Waals surface area contributed by atoms with Crippen LogP contribution >= 0.6 is 11.3 Å². The highest BCUT2D eigenvalue weighted by Crippen LogP contribution is 2.19. The van der Waals surface area contributed by atoms with Gasteiger partial charge in [0.1, 0.15) is 17.3 Å². The van der Waals surface area contributed by atoms with Crippen molar-refractivity contribution in [1.82, 2.24) is 10.1 Å². The number of nitrogens with one attached hydrogen (secondary N) is 1. The summed E-state index contributed by atoms with van der Waals surface area (Å²) < 4.78 is 36.7. The number of esters is 1. The standard InChI is InChI=1S/C17H13F2N3O4S/c18-11-2-1-3-12(19)16(11)20-13(23)8-25-15(24)5-4-14-21-17(22-26-14)10-6-7-27-9-10/h1-3,6-7,9H,4-5,8H2,(H,20,23). The highest BCUT2D eigenvalue weighted by atomic mass is 32.1. The largest absolute Gasteiger partial charge is 0.456 e. The van der Waals surface area contributed by atoms with Crippen molar-refractivity contribution in [2.75, 3.05) is 11.9 Å². The lowest BCUT2D eigenvalue weighted by atomic mass is 10.3. The number of nitrogens with zero attached hydrogens (tertiary/aromatic N) is 2. The molecule has 140 valence electrons. The summed E-state index contributed by atoms with van der Waals surface area (Å²) in [6, 6.07) is 5.01. The number of hydrogen-bond donors (Lipinski definition) is 1. The topological polar surface area (TPSA) is 94.3 Å². The lowest BCUT2D eigenvalue weighted by molar-refractivity contribution is -0.147. The maximum absolute atomic E-state index is 13.4. The quantitative estimate of drug-likeness (QED) is 0.620. The van der Waals surface area contributed by atoms with E-state index >= 15 is 0 Å². The summed E-state index contributed by atoms with van der Waals surface area (Å²) in [5, 5.41) is 9.56. The van der Waals surface area contributed by atoms with Crippen LogP contribution in [0.1, 0.15) is 12.3 Å². The highest BCUT2D eigenvalue weighted by Gasteiger charge is 2.15. The zero-order valence-corrected chi connectivity index (χ0v) is 14.6. The maximum Gasteiger partial charge on any atom is 0.306 e. The molecule has 0 spiro atoms. The van der Waals surface area contributed by atoms with Crippen LogP contribution in [-0.2, 0) is 20.7 Å². The molecule has 1 amide bonds. The van der Waals surface area contributed by atoms with Gasteiger partial charge in [0.05, 0.1) is 6.42 Å². The number of carbonyl (C=O) groups excluding carboxylic acids is 2. The first-order chi connectivity index (χ1) is 13.0. The van der Waals surface area contributed by atoms with E-state index in [1.165, 1.54) is 17.4 Å². The first-order valence-electron chi connectivity index (χ1n) is 7.77. The average molecular weight is 393 g/mol. The Morgan fingerprint density at radius 1 is 1.22 bits per heavy atom. The molecule has 0 aliphatic rings. The van der Waals surface area contributed by atoms with Crippen molar-refractivity contribution < 1.29 is 27.6 Å². The van der Waals surface area contributed by atoms with Crippen molar-refractivity contribution >= 4 is 28.9 Å². The first-order valence-corrected chi connectivity index (χ1v) is 8.72. The highest BCUT2D eigenvalue weighted by molar-refractivity contribution is 7.08. The summed E-state index contributed by atoms with van der Waals surface area (Å²) in [5.74, 6) is -2.71. The Labute approximate surface area is 156 Å². The molecule has 0 bridgehead atoms. The lowest BCUT2D eigenvalue weighted by Gasteiger charge is -2.08. The summed E-state index contributed by atoms with van der Waals surface area (Å²) in [4.78, 5) is 27.5. The monoisotopic (exact) mass is 393 g/mol. The molecule has 2 heterocycles. The third-order valence-corrected chi connectivity index (χ3v) is 4.07. The van der Waals surface area contributed by atoms with E-state index in [1.54, 1.807) is 0 Å². The van der Waals surface area contributed by atoms with E-state index in [4.69, 9.17) is 9.26 Å². The predicted molar refractivity (Wildman–Crippen MR) is 91.9 cm³/mol. The molecule has 2 aromatic heterocycles. The van der Waals surface area contributed by atoms with Gasteiger partial charge < -0.3 is 14.6 Å². The number of hydrogen-bond acceptors (Lipinski definition) is 7. The van der Waals surface area contributed by atoms with E-state index in [0.29, 0.717) is 5.82 Å². The summed E-state index contributed by atoms with van der Waals surface area (Å²) in [6.45, 7) is -0.670. The van der Waals surface area contributed by atoms with E-state index in [1.807, 2.05) is 22.1 Å². The van der Waals surface area contributed by atoms with Crippen molar-refractivity contribution in [2.45, 2.75) is 12.8 Å². The minimum atomic E-state index is -0.924.